The lowest BCUT2D eigenvalue weighted by molar-refractivity contribution is 0.884. The van der Waals surface area contributed by atoms with E-state index in [4.69, 9.17) is 5.73 Å². The fraction of sp³-hybridized carbons (Fsp3) is 0.188. The van der Waals surface area contributed by atoms with Crippen molar-refractivity contribution >= 4 is 11.5 Å². The minimum absolute atomic E-state index is 0.136. The molecule has 1 atom stereocenters. The molecule has 0 bridgehead atoms. The van der Waals surface area contributed by atoms with Gasteiger partial charge in [0, 0.05) is 30.3 Å². The molecule has 2 aromatic rings. The van der Waals surface area contributed by atoms with E-state index in [1.807, 2.05) is 30.5 Å². The fourth-order valence-electron chi connectivity index (χ4n) is 2.47. The summed E-state index contributed by atoms with van der Waals surface area (Å²) in [5.74, 6) is 0.709. The third-order valence-electron chi connectivity index (χ3n) is 3.55. The third kappa shape index (κ3) is 2.32. The second-order valence-corrected chi connectivity index (χ2v) is 4.93. The molecular weight excluding hydrogens is 248 g/mol. The Morgan fingerprint density at radius 3 is 2.65 bits per heavy atom. The number of hydrogen-bond donors (Lipinski definition) is 1. The van der Waals surface area contributed by atoms with Gasteiger partial charge in [-0.2, -0.15) is 5.10 Å². The minimum atomic E-state index is 0.136. The summed E-state index contributed by atoms with van der Waals surface area (Å²) in [5.41, 5.74) is 10.2. The van der Waals surface area contributed by atoms with E-state index < -0.39 is 0 Å². The van der Waals surface area contributed by atoms with Crippen LogP contribution >= 0.6 is 0 Å². The van der Waals surface area contributed by atoms with Crippen molar-refractivity contribution in [1.29, 1.82) is 0 Å². The zero-order valence-electron chi connectivity index (χ0n) is 11.3. The number of nitrogens with two attached hydrogens (primary N) is 1. The highest BCUT2D eigenvalue weighted by Gasteiger charge is 2.25. The van der Waals surface area contributed by atoms with Crippen molar-refractivity contribution in [2.24, 2.45) is 15.9 Å². The molecule has 1 aromatic carbocycles. The summed E-state index contributed by atoms with van der Waals surface area (Å²) in [6.45, 7) is 2.06. The van der Waals surface area contributed by atoms with Crippen LogP contribution in [0.5, 0.6) is 0 Å². The fourth-order valence-corrected chi connectivity index (χ4v) is 2.47. The number of pyridine rings is 1. The number of nitrogens with zero attached hydrogens (tertiary/aromatic N) is 3. The Morgan fingerprint density at radius 1 is 1.10 bits per heavy atom. The molecule has 4 heteroatoms. The van der Waals surface area contributed by atoms with Crippen molar-refractivity contribution < 1.29 is 0 Å². The number of benzene rings is 1. The third-order valence-corrected chi connectivity index (χ3v) is 3.55. The van der Waals surface area contributed by atoms with Gasteiger partial charge in [0.1, 0.15) is 5.84 Å². The Balaban J connectivity index is 2.08. The lowest BCUT2D eigenvalue weighted by Crippen LogP contribution is -2.26. The second-order valence-electron chi connectivity index (χ2n) is 4.93. The van der Waals surface area contributed by atoms with Gasteiger partial charge >= 0.3 is 0 Å². The van der Waals surface area contributed by atoms with Crippen LogP contribution in [0.3, 0.4) is 0 Å². The molecule has 0 radical (unpaired) electrons. The van der Waals surface area contributed by atoms with E-state index in [0.717, 1.165) is 16.8 Å². The molecule has 0 fully saturated rings. The molecule has 20 heavy (non-hydrogen) atoms. The maximum absolute atomic E-state index is 5.87. The van der Waals surface area contributed by atoms with Gasteiger partial charge in [-0.15, -0.1) is 5.10 Å². The van der Waals surface area contributed by atoms with Gasteiger partial charge in [0.25, 0.3) is 0 Å². The van der Waals surface area contributed by atoms with Crippen LogP contribution in [0.4, 0.5) is 0 Å². The second kappa shape index (κ2) is 5.25. The van der Waals surface area contributed by atoms with E-state index in [9.17, 15) is 0 Å². The van der Waals surface area contributed by atoms with Gasteiger partial charge in [-0.1, -0.05) is 30.3 Å². The SMILES string of the molecule is Cc1ccncc1C1=NN=C(N)CC1c1ccccc1. The van der Waals surface area contributed by atoms with E-state index in [0.29, 0.717) is 12.3 Å². The normalized spacial score (nSPS) is 18.4. The van der Waals surface area contributed by atoms with Gasteiger partial charge in [-0.05, 0) is 24.1 Å². The molecule has 2 heterocycles. The lowest BCUT2D eigenvalue weighted by Gasteiger charge is -2.22. The Hall–Kier alpha value is -2.49. The first-order valence-electron chi connectivity index (χ1n) is 6.61. The molecule has 0 saturated heterocycles. The number of amidine groups is 1. The Bertz CT molecular complexity index is 674. The summed E-state index contributed by atoms with van der Waals surface area (Å²) < 4.78 is 0. The maximum Gasteiger partial charge on any atom is 0.123 e. The zero-order valence-corrected chi connectivity index (χ0v) is 11.3. The number of aromatic nitrogens is 1. The van der Waals surface area contributed by atoms with Gasteiger partial charge in [0.15, 0.2) is 0 Å². The summed E-state index contributed by atoms with van der Waals surface area (Å²) in [6, 6.07) is 12.3. The molecule has 0 amide bonds. The molecule has 2 N–H and O–H groups in total. The minimum Gasteiger partial charge on any atom is -0.386 e. The molecule has 0 spiro atoms. The highest BCUT2D eigenvalue weighted by molar-refractivity contribution is 6.09. The van der Waals surface area contributed by atoms with Crippen LogP contribution in [0.2, 0.25) is 0 Å². The average Bonchev–Trinajstić information content (AvgIpc) is 2.49. The summed E-state index contributed by atoms with van der Waals surface area (Å²) in [4.78, 5) is 4.21. The first-order valence-corrected chi connectivity index (χ1v) is 6.61. The van der Waals surface area contributed by atoms with Crippen LogP contribution in [0.25, 0.3) is 0 Å². The van der Waals surface area contributed by atoms with Crippen molar-refractivity contribution in [3.05, 3.63) is 65.5 Å². The predicted molar refractivity (Wildman–Crippen MR) is 80.9 cm³/mol. The van der Waals surface area contributed by atoms with Crippen LogP contribution < -0.4 is 5.73 Å². The lowest BCUT2D eigenvalue weighted by atomic mass is 9.85. The maximum atomic E-state index is 5.87. The Morgan fingerprint density at radius 2 is 1.90 bits per heavy atom. The molecule has 1 aromatic heterocycles. The molecule has 4 nitrogen and oxygen atoms in total. The van der Waals surface area contributed by atoms with Gasteiger partial charge in [-0.3, -0.25) is 4.98 Å². The topological polar surface area (TPSA) is 63.6 Å². The molecule has 1 aliphatic heterocycles. The summed E-state index contributed by atoms with van der Waals surface area (Å²) in [7, 11) is 0. The van der Waals surface area contributed by atoms with Crippen molar-refractivity contribution in [2.75, 3.05) is 0 Å². The number of hydrogen-bond acceptors (Lipinski definition) is 4. The first-order chi connectivity index (χ1) is 9.75. The van der Waals surface area contributed by atoms with Crippen molar-refractivity contribution in [3.63, 3.8) is 0 Å². The van der Waals surface area contributed by atoms with E-state index in [-0.39, 0.29) is 5.92 Å². The molecule has 1 aliphatic rings. The van der Waals surface area contributed by atoms with E-state index in [1.54, 1.807) is 6.20 Å². The van der Waals surface area contributed by atoms with Crippen molar-refractivity contribution in [2.45, 2.75) is 19.3 Å². The van der Waals surface area contributed by atoms with Crippen molar-refractivity contribution in [3.8, 4) is 0 Å². The molecule has 1 unspecified atom stereocenters. The van der Waals surface area contributed by atoms with Crippen molar-refractivity contribution in [1.82, 2.24) is 4.98 Å². The highest BCUT2D eigenvalue weighted by Crippen LogP contribution is 2.28. The van der Waals surface area contributed by atoms with Crippen LogP contribution in [0.1, 0.15) is 29.0 Å². The van der Waals surface area contributed by atoms with Crippen LogP contribution in [0, 0.1) is 6.92 Å². The summed E-state index contributed by atoms with van der Waals surface area (Å²) >= 11 is 0. The monoisotopic (exact) mass is 264 g/mol. The van der Waals surface area contributed by atoms with Gasteiger partial charge in [0.05, 0.1) is 5.71 Å². The predicted octanol–water partition coefficient (Wildman–Crippen LogP) is 2.64. The highest BCUT2D eigenvalue weighted by atomic mass is 15.2. The number of aryl methyl sites for hydroxylation is 1. The zero-order chi connectivity index (χ0) is 13.9. The van der Waals surface area contributed by atoms with Crippen LogP contribution in [-0.2, 0) is 0 Å². The summed E-state index contributed by atoms with van der Waals surface area (Å²) in [5, 5.41) is 8.40. The molecule has 100 valence electrons. The summed E-state index contributed by atoms with van der Waals surface area (Å²) in [6.07, 6.45) is 4.33. The van der Waals surface area contributed by atoms with Gasteiger partial charge < -0.3 is 5.73 Å². The van der Waals surface area contributed by atoms with Crippen LogP contribution in [0.15, 0.2) is 59.0 Å². The smallest absolute Gasteiger partial charge is 0.123 e. The Labute approximate surface area is 118 Å². The average molecular weight is 264 g/mol. The standard InChI is InChI=1S/C16H16N4/c1-11-7-8-18-10-14(11)16-13(9-15(17)19-20-16)12-5-3-2-4-6-12/h2-8,10,13H,9H2,1H3,(H2,17,19). The number of rotatable bonds is 2. The quantitative estimate of drug-likeness (QED) is 0.906. The van der Waals surface area contributed by atoms with E-state index >= 15 is 0 Å². The van der Waals surface area contributed by atoms with Gasteiger partial charge in [-0.25, -0.2) is 0 Å². The molecule has 3 rings (SSSR count). The van der Waals surface area contributed by atoms with Gasteiger partial charge in [0.2, 0.25) is 0 Å². The van der Waals surface area contributed by atoms with Crippen LogP contribution in [-0.4, -0.2) is 16.5 Å². The molecule has 0 saturated carbocycles. The van der Waals surface area contributed by atoms with E-state index in [1.165, 1.54) is 5.56 Å². The Kier molecular flexibility index (Phi) is 3.29. The largest absolute Gasteiger partial charge is 0.386 e. The first kappa shape index (κ1) is 12.5. The van der Waals surface area contributed by atoms with E-state index in [2.05, 4.69) is 34.2 Å². The molecule has 0 aliphatic carbocycles. The molecular formula is C16H16N4.